The summed E-state index contributed by atoms with van der Waals surface area (Å²) >= 11 is 1.68. The molecule has 2 nitrogen and oxygen atoms in total. The number of rotatable bonds is 4. The highest BCUT2D eigenvalue weighted by Gasteiger charge is 2.34. The van der Waals surface area contributed by atoms with E-state index in [1.54, 1.807) is 11.3 Å². The van der Waals surface area contributed by atoms with Crippen molar-refractivity contribution in [3.05, 3.63) is 22.4 Å². The van der Waals surface area contributed by atoms with Crippen LogP contribution in [0.15, 0.2) is 16.8 Å². The third-order valence-corrected chi connectivity index (χ3v) is 4.25. The summed E-state index contributed by atoms with van der Waals surface area (Å²) in [6, 6.07) is 2.09. The minimum Gasteiger partial charge on any atom is -0.319 e. The van der Waals surface area contributed by atoms with Gasteiger partial charge in [-0.2, -0.15) is 11.3 Å². The van der Waals surface area contributed by atoms with Crippen LogP contribution in [0.25, 0.3) is 0 Å². The first-order valence-corrected chi connectivity index (χ1v) is 6.98. The smallest absolute Gasteiger partial charge is 0.152 e. The third kappa shape index (κ3) is 2.71. The van der Waals surface area contributed by atoms with Gasteiger partial charge < -0.3 is 5.73 Å². The van der Waals surface area contributed by atoms with E-state index in [-0.39, 0.29) is 5.78 Å². The Bertz CT molecular complexity index is 339. The van der Waals surface area contributed by atoms with Crippen LogP contribution in [0.5, 0.6) is 0 Å². The van der Waals surface area contributed by atoms with Crippen LogP contribution in [0, 0.1) is 0 Å². The van der Waals surface area contributed by atoms with E-state index in [1.807, 2.05) is 0 Å². The Balaban J connectivity index is 1.87. The van der Waals surface area contributed by atoms with E-state index in [4.69, 9.17) is 5.73 Å². The molecule has 0 atom stereocenters. The largest absolute Gasteiger partial charge is 0.319 e. The highest BCUT2D eigenvalue weighted by Crippen LogP contribution is 2.28. The molecule has 1 saturated carbocycles. The molecule has 0 unspecified atom stereocenters. The predicted octanol–water partition coefficient (Wildman–Crippen LogP) is 2.91. The van der Waals surface area contributed by atoms with Gasteiger partial charge >= 0.3 is 0 Å². The maximum atomic E-state index is 12.1. The van der Waals surface area contributed by atoms with Crippen molar-refractivity contribution < 1.29 is 4.79 Å². The van der Waals surface area contributed by atoms with E-state index in [9.17, 15) is 4.79 Å². The lowest BCUT2D eigenvalue weighted by Gasteiger charge is -2.31. The van der Waals surface area contributed by atoms with Crippen molar-refractivity contribution in [1.82, 2.24) is 0 Å². The topological polar surface area (TPSA) is 43.1 Å². The zero-order chi connectivity index (χ0) is 11.4. The van der Waals surface area contributed by atoms with Crippen LogP contribution in [-0.4, -0.2) is 11.3 Å². The molecule has 1 aliphatic carbocycles. The summed E-state index contributed by atoms with van der Waals surface area (Å²) in [5, 5.41) is 4.16. The molecule has 0 spiro atoms. The molecule has 88 valence electrons. The average molecular weight is 237 g/mol. The first-order chi connectivity index (χ1) is 7.71. The second-order valence-corrected chi connectivity index (χ2v) is 5.55. The molecule has 0 bridgehead atoms. The quantitative estimate of drug-likeness (QED) is 0.875. The van der Waals surface area contributed by atoms with Gasteiger partial charge in [-0.3, -0.25) is 4.79 Å². The fraction of sp³-hybridized carbons (Fsp3) is 0.615. The number of nitrogens with two attached hydrogens (primary N) is 1. The normalized spacial score (nSPS) is 19.6. The lowest BCUT2D eigenvalue weighted by molar-refractivity contribution is -0.125. The Kier molecular flexibility index (Phi) is 3.77. The number of ketones is 1. The fourth-order valence-corrected chi connectivity index (χ4v) is 3.11. The molecule has 0 aliphatic heterocycles. The van der Waals surface area contributed by atoms with Crippen molar-refractivity contribution in [2.45, 2.75) is 50.5 Å². The molecule has 0 aromatic carbocycles. The van der Waals surface area contributed by atoms with Gasteiger partial charge in [0.1, 0.15) is 0 Å². The first kappa shape index (κ1) is 11.8. The summed E-state index contributed by atoms with van der Waals surface area (Å²) in [6.45, 7) is 0. The van der Waals surface area contributed by atoms with E-state index < -0.39 is 5.54 Å². The van der Waals surface area contributed by atoms with Crippen LogP contribution >= 0.6 is 11.3 Å². The summed E-state index contributed by atoms with van der Waals surface area (Å²) in [7, 11) is 0. The van der Waals surface area contributed by atoms with Crippen molar-refractivity contribution in [1.29, 1.82) is 0 Å². The van der Waals surface area contributed by atoms with Gasteiger partial charge in [-0.15, -0.1) is 0 Å². The van der Waals surface area contributed by atoms with E-state index in [1.165, 1.54) is 12.0 Å². The van der Waals surface area contributed by atoms with Gasteiger partial charge in [0, 0.05) is 6.42 Å². The lowest BCUT2D eigenvalue weighted by Crippen LogP contribution is -2.49. The summed E-state index contributed by atoms with van der Waals surface area (Å²) in [4.78, 5) is 12.1. The molecule has 0 amide bonds. The molecule has 1 aliphatic rings. The maximum absolute atomic E-state index is 12.1. The molecule has 2 N–H and O–H groups in total. The van der Waals surface area contributed by atoms with Gasteiger partial charge in [-0.25, -0.2) is 0 Å². The number of hydrogen-bond acceptors (Lipinski definition) is 3. The number of thiophene rings is 1. The minimum atomic E-state index is -0.506. The van der Waals surface area contributed by atoms with Crippen molar-refractivity contribution in [3.8, 4) is 0 Å². The van der Waals surface area contributed by atoms with Crippen molar-refractivity contribution in [2.24, 2.45) is 5.73 Å². The second-order valence-electron chi connectivity index (χ2n) is 4.77. The monoisotopic (exact) mass is 237 g/mol. The number of carbonyl (C=O) groups excluding carboxylic acids is 1. The molecule has 3 heteroatoms. The molecule has 16 heavy (non-hydrogen) atoms. The minimum absolute atomic E-state index is 0.262. The second kappa shape index (κ2) is 5.11. The van der Waals surface area contributed by atoms with Crippen LogP contribution in [0.2, 0.25) is 0 Å². The standard InChI is InChI=1S/C13H19NOS/c14-13(7-2-1-3-8-13)12(15)5-4-11-6-9-16-10-11/h6,9-10H,1-5,7-8,14H2. The van der Waals surface area contributed by atoms with Crippen molar-refractivity contribution in [2.75, 3.05) is 0 Å². The van der Waals surface area contributed by atoms with Crippen LogP contribution in [0.1, 0.15) is 44.1 Å². The average Bonchev–Trinajstić information content (AvgIpc) is 2.79. The summed E-state index contributed by atoms with van der Waals surface area (Å²) < 4.78 is 0. The van der Waals surface area contributed by atoms with Crippen molar-refractivity contribution in [3.63, 3.8) is 0 Å². The molecule has 1 heterocycles. The zero-order valence-electron chi connectivity index (χ0n) is 9.58. The molecule has 2 rings (SSSR count). The van der Waals surface area contributed by atoms with E-state index in [0.29, 0.717) is 6.42 Å². The van der Waals surface area contributed by atoms with E-state index in [2.05, 4.69) is 16.8 Å². The summed E-state index contributed by atoms with van der Waals surface area (Å²) in [5.41, 5.74) is 6.95. The van der Waals surface area contributed by atoms with Crippen LogP contribution in [0.4, 0.5) is 0 Å². The summed E-state index contributed by atoms with van der Waals surface area (Å²) in [5.74, 6) is 0.262. The number of Topliss-reactive ketones (excluding diaryl/α,β-unsaturated/α-hetero) is 1. The van der Waals surface area contributed by atoms with E-state index in [0.717, 1.165) is 32.1 Å². The first-order valence-electron chi connectivity index (χ1n) is 6.04. The van der Waals surface area contributed by atoms with Gasteiger partial charge in [0.2, 0.25) is 0 Å². The highest BCUT2D eigenvalue weighted by molar-refractivity contribution is 7.07. The van der Waals surface area contributed by atoms with Crippen molar-refractivity contribution >= 4 is 17.1 Å². The SMILES string of the molecule is NC1(C(=O)CCc2ccsc2)CCCCC1. The zero-order valence-corrected chi connectivity index (χ0v) is 10.4. The predicted molar refractivity (Wildman–Crippen MR) is 67.7 cm³/mol. The van der Waals surface area contributed by atoms with Gasteiger partial charge in [0.15, 0.2) is 5.78 Å². The Morgan fingerprint density at radius 3 is 2.75 bits per heavy atom. The Labute approximate surface area is 101 Å². The molecular formula is C13H19NOS. The van der Waals surface area contributed by atoms with Crippen LogP contribution in [0.3, 0.4) is 0 Å². The Morgan fingerprint density at radius 2 is 2.12 bits per heavy atom. The molecular weight excluding hydrogens is 218 g/mol. The number of aryl methyl sites for hydroxylation is 1. The highest BCUT2D eigenvalue weighted by atomic mass is 32.1. The van der Waals surface area contributed by atoms with Gasteiger partial charge in [0.25, 0.3) is 0 Å². The molecule has 0 saturated heterocycles. The molecule has 1 fully saturated rings. The Morgan fingerprint density at radius 1 is 1.38 bits per heavy atom. The van der Waals surface area contributed by atoms with Gasteiger partial charge in [-0.05, 0) is 41.7 Å². The Hall–Kier alpha value is -0.670. The third-order valence-electron chi connectivity index (χ3n) is 3.52. The molecule has 0 radical (unpaired) electrons. The molecule has 1 aromatic heterocycles. The van der Waals surface area contributed by atoms with Crippen LogP contribution < -0.4 is 5.73 Å². The van der Waals surface area contributed by atoms with Gasteiger partial charge in [0.05, 0.1) is 5.54 Å². The maximum Gasteiger partial charge on any atom is 0.152 e. The van der Waals surface area contributed by atoms with E-state index >= 15 is 0 Å². The van der Waals surface area contributed by atoms with Gasteiger partial charge in [-0.1, -0.05) is 19.3 Å². The number of hydrogen-bond donors (Lipinski definition) is 1. The number of carbonyl (C=O) groups is 1. The summed E-state index contributed by atoms with van der Waals surface area (Å²) in [6.07, 6.45) is 6.68. The lowest BCUT2D eigenvalue weighted by atomic mass is 9.78. The fourth-order valence-electron chi connectivity index (χ4n) is 2.40. The van der Waals surface area contributed by atoms with Crippen LogP contribution in [-0.2, 0) is 11.2 Å². The molecule has 1 aromatic rings.